The first kappa shape index (κ1) is 24.2. The molecule has 0 bridgehead atoms. The minimum Gasteiger partial charge on any atom is -0.496 e. The summed E-state index contributed by atoms with van der Waals surface area (Å²) in [7, 11) is 1.60. The number of rotatable bonds is 6. The fraction of sp³-hybridized carbons (Fsp3) is 0.308. The number of para-hydroxylation sites is 1. The van der Waals surface area contributed by atoms with Gasteiger partial charge in [-0.3, -0.25) is 14.2 Å². The molecule has 192 valence electrons. The molecule has 1 saturated carbocycles. The molecule has 0 spiro atoms. The van der Waals surface area contributed by atoms with Crippen molar-refractivity contribution >= 4 is 40.2 Å². The molecule has 0 atom stereocenters. The Bertz CT molecular complexity index is 1530. The van der Waals surface area contributed by atoms with Crippen molar-refractivity contribution in [3.8, 4) is 5.75 Å². The highest BCUT2D eigenvalue weighted by Crippen LogP contribution is 2.35. The predicted molar refractivity (Wildman–Crippen MR) is 139 cm³/mol. The molecule has 1 aliphatic rings. The number of carbonyl (C=O) groups is 2. The van der Waals surface area contributed by atoms with Gasteiger partial charge in [0.2, 0.25) is 5.91 Å². The topological polar surface area (TPSA) is 157 Å². The van der Waals surface area contributed by atoms with E-state index in [9.17, 15) is 14.4 Å². The number of oxazole rings is 1. The van der Waals surface area contributed by atoms with E-state index in [4.69, 9.17) is 14.9 Å². The number of nitrogens with one attached hydrogen (secondary N) is 3. The lowest BCUT2D eigenvalue weighted by atomic mass is 9.85. The Labute approximate surface area is 212 Å². The minimum absolute atomic E-state index is 0.0332. The second-order valence-electron chi connectivity index (χ2n) is 9.20. The lowest BCUT2D eigenvalue weighted by molar-refractivity contribution is -0.121. The normalized spacial score (nSPS) is 17.5. The average Bonchev–Trinajstić information content (AvgIpc) is 3.48. The molecule has 2 amide bonds. The number of benzene rings is 2. The van der Waals surface area contributed by atoms with Crippen molar-refractivity contribution < 1.29 is 18.7 Å². The van der Waals surface area contributed by atoms with Crippen LogP contribution >= 0.6 is 0 Å². The van der Waals surface area contributed by atoms with Gasteiger partial charge in [0, 0.05) is 23.7 Å². The number of nitrogen functional groups attached to an aromatic ring is 1. The summed E-state index contributed by atoms with van der Waals surface area (Å²) in [5.74, 6) is 0.0449. The standard InChI is InChI=1S/C26H28N6O5/c1-14-6-9-16(12-21(14)36-2)28-23(33)15-7-10-17(11-8-15)32-20-5-3-4-18(22(20)31-26(32)35)29-24(34)19-13-37-25(27)30-19/h3-6,9,12-13,15,17H,7-8,10-11H2,1-2H3,(H2,27,30)(H,28,33)(H,29,34)(H,31,35)/t15-,17+. The van der Waals surface area contributed by atoms with Crippen LogP contribution < -0.4 is 26.8 Å². The van der Waals surface area contributed by atoms with Gasteiger partial charge in [-0.05, 0) is 56.4 Å². The van der Waals surface area contributed by atoms with Crippen molar-refractivity contribution in [3.63, 3.8) is 0 Å². The molecule has 11 heteroatoms. The van der Waals surface area contributed by atoms with Gasteiger partial charge in [-0.25, -0.2) is 4.79 Å². The van der Waals surface area contributed by atoms with Crippen LogP contribution in [-0.4, -0.2) is 33.5 Å². The third-order valence-electron chi connectivity index (χ3n) is 6.86. The molecule has 2 aromatic heterocycles. The smallest absolute Gasteiger partial charge is 0.326 e. The Morgan fingerprint density at radius 1 is 1.16 bits per heavy atom. The van der Waals surface area contributed by atoms with Crippen LogP contribution in [0.25, 0.3) is 11.0 Å². The molecule has 11 nitrogen and oxygen atoms in total. The molecule has 0 unspecified atom stereocenters. The summed E-state index contributed by atoms with van der Waals surface area (Å²) in [5.41, 5.74) is 8.57. The fourth-order valence-electron chi connectivity index (χ4n) is 4.93. The van der Waals surface area contributed by atoms with E-state index in [0.717, 1.165) is 11.3 Å². The Kier molecular flexibility index (Phi) is 6.43. The first-order chi connectivity index (χ1) is 17.8. The van der Waals surface area contributed by atoms with Crippen molar-refractivity contribution in [2.45, 2.75) is 38.6 Å². The van der Waals surface area contributed by atoms with Crippen molar-refractivity contribution in [3.05, 3.63) is 64.4 Å². The molecule has 4 aromatic rings. The maximum atomic E-state index is 13.0. The second kappa shape index (κ2) is 9.84. The van der Waals surface area contributed by atoms with Crippen LogP contribution in [0.1, 0.15) is 47.8 Å². The number of aromatic nitrogens is 3. The van der Waals surface area contributed by atoms with E-state index >= 15 is 0 Å². The third-order valence-corrected chi connectivity index (χ3v) is 6.86. The molecule has 5 rings (SSSR count). The number of hydrogen-bond acceptors (Lipinski definition) is 7. The van der Waals surface area contributed by atoms with E-state index < -0.39 is 5.91 Å². The number of amides is 2. The molecule has 37 heavy (non-hydrogen) atoms. The summed E-state index contributed by atoms with van der Waals surface area (Å²) in [6.07, 6.45) is 3.84. The van der Waals surface area contributed by atoms with Crippen LogP contribution in [0.4, 0.5) is 17.4 Å². The quantitative estimate of drug-likeness (QED) is 0.311. The van der Waals surface area contributed by atoms with Gasteiger partial charge >= 0.3 is 5.69 Å². The van der Waals surface area contributed by atoms with Gasteiger partial charge in [0.1, 0.15) is 12.0 Å². The number of methoxy groups -OCH3 is 1. The highest BCUT2D eigenvalue weighted by molar-refractivity contribution is 6.07. The van der Waals surface area contributed by atoms with Gasteiger partial charge in [0.15, 0.2) is 5.69 Å². The van der Waals surface area contributed by atoms with Crippen molar-refractivity contribution in [1.82, 2.24) is 14.5 Å². The number of ether oxygens (including phenoxy) is 1. The predicted octanol–water partition coefficient (Wildman–Crippen LogP) is 3.84. The molecule has 0 aliphatic heterocycles. The van der Waals surface area contributed by atoms with Crippen LogP contribution in [0.2, 0.25) is 0 Å². The van der Waals surface area contributed by atoms with Crippen LogP contribution in [0, 0.1) is 12.8 Å². The first-order valence-corrected chi connectivity index (χ1v) is 12.0. The van der Waals surface area contributed by atoms with E-state index in [-0.39, 0.29) is 35.3 Å². The lowest BCUT2D eigenvalue weighted by Gasteiger charge is -2.28. The number of aromatic amines is 1. The Morgan fingerprint density at radius 3 is 2.65 bits per heavy atom. The van der Waals surface area contributed by atoms with Crippen molar-refractivity contribution in [1.29, 1.82) is 0 Å². The Hall–Kier alpha value is -4.54. The molecule has 1 fully saturated rings. The maximum absolute atomic E-state index is 13.0. The third kappa shape index (κ3) is 4.80. The van der Waals surface area contributed by atoms with Crippen molar-refractivity contribution in [2.75, 3.05) is 23.5 Å². The first-order valence-electron chi connectivity index (χ1n) is 12.0. The molecule has 1 aliphatic carbocycles. The summed E-state index contributed by atoms with van der Waals surface area (Å²) in [4.78, 5) is 45.1. The monoisotopic (exact) mass is 504 g/mol. The Morgan fingerprint density at radius 2 is 1.95 bits per heavy atom. The van der Waals surface area contributed by atoms with Crippen LogP contribution in [0.3, 0.4) is 0 Å². The number of carbonyl (C=O) groups excluding carboxylic acids is 2. The highest BCUT2D eigenvalue weighted by Gasteiger charge is 2.29. The minimum atomic E-state index is -0.501. The second-order valence-corrected chi connectivity index (χ2v) is 9.20. The van der Waals surface area contributed by atoms with Gasteiger partial charge in [-0.1, -0.05) is 12.1 Å². The number of fused-ring (bicyclic) bond motifs is 1. The number of nitrogens with two attached hydrogens (primary N) is 1. The zero-order valence-electron chi connectivity index (χ0n) is 20.5. The number of anilines is 3. The fourth-order valence-corrected chi connectivity index (χ4v) is 4.93. The van der Waals surface area contributed by atoms with Crippen molar-refractivity contribution in [2.24, 2.45) is 5.92 Å². The highest BCUT2D eigenvalue weighted by atomic mass is 16.5. The van der Waals surface area contributed by atoms with Crippen LogP contribution in [-0.2, 0) is 4.79 Å². The molecule has 0 radical (unpaired) electrons. The maximum Gasteiger partial charge on any atom is 0.326 e. The molecule has 2 aromatic carbocycles. The SMILES string of the molecule is COc1cc(NC(=O)[C@H]2CC[C@@H](n3c(=O)[nH]c4c(NC(=O)c5coc(N)n5)cccc43)CC2)ccc1C. The summed E-state index contributed by atoms with van der Waals surface area (Å²) in [6, 6.07) is 10.7. The van der Waals surface area contributed by atoms with E-state index in [0.29, 0.717) is 48.1 Å². The summed E-state index contributed by atoms with van der Waals surface area (Å²) >= 11 is 0. The largest absolute Gasteiger partial charge is 0.496 e. The molecule has 0 saturated heterocycles. The van der Waals surface area contributed by atoms with E-state index in [1.54, 1.807) is 23.8 Å². The van der Waals surface area contributed by atoms with E-state index in [1.807, 2.05) is 31.2 Å². The number of nitrogens with zero attached hydrogens (tertiary/aromatic N) is 2. The summed E-state index contributed by atoms with van der Waals surface area (Å²) in [6.45, 7) is 1.95. The van der Waals surface area contributed by atoms with Gasteiger partial charge in [0.05, 0.1) is 23.8 Å². The Balaban J connectivity index is 1.28. The zero-order chi connectivity index (χ0) is 26.1. The van der Waals surface area contributed by atoms with Gasteiger partial charge in [0.25, 0.3) is 11.9 Å². The van der Waals surface area contributed by atoms with E-state index in [2.05, 4.69) is 20.6 Å². The number of hydrogen-bond donors (Lipinski definition) is 4. The van der Waals surface area contributed by atoms with Gasteiger partial charge in [-0.15, -0.1) is 0 Å². The number of H-pyrrole nitrogens is 1. The molecular formula is C26H28N6O5. The molecular weight excluding hydrogens is 476 g/mol. The van der Waals surface area contributed by atoms with Crippen LogP contribution in [0.15, 0.2) is 51.9 Å². The zero-order valence-corrected chi connectivity index (χ0v) is 20.5. The number of aryl methyl sites for hydroxylation is 1. The molecule has 5 N–H and O–H groups in total. The van der Waals surface area contributed by atoms with Crippen LogP contribution in [0.5, 0.6) is 5.75 Å². The van der Waals surface area contributed by atoms with E-state index in [1.165, 1.54) is 6.26 Å². The van der Waals surface area contributed by atoms with Gasteiger partial charge < -0.3 is 30.5 Å². The summed E-state index contributed by atoms with van der Waals surface area (Å²) < 4.78 is 12.0. The molecule has 2 heterocycles. The summed E-state index contributed by atoms with van der Waals surface area (Å²) in [5, 5.41) is 5.74. The number of imidazole rings is 1. The van der Waals surface area contributed by atoms with Gasteiger partial charge in [-0.2, -0.15) is 4.98 Å². The lowest BCUT2D eigenvalue weighted by Crippen LogP contribution is -2.31. The average molecular weight is 505 g/mol.